The van der Waals surface area contributed by atoms with E-state index in [0.717, 1.165) is 27.5 Å². The van der Waals surface area contributed by atoms with E-state index in [-0.39, 0.29) is 5.56 Å². The molecule has 1 fully saturated rings. The second-order valence-electron chi connectivity index (χ2n) is 8.71. The fourth-order valence-corrected chi connectivity index (χ4v) is 4.19. The third kappa shape index (κ3) is 3.27. The predicted molar refractivity (Wildman–Crippen MR) is 130 cm³/mol. The van der Waals surface area contributed by atoms with Crippen molar-refractivity contribution in [3.8, 4) is 11.4 Å². The molecule has 0 atom stereocenters. The number of nitrogens with zero attached hydrogens (tertiary/aromatic N) is 4. The van der Waals surface area contributed by atoms with Gasteiger partial charge in [0.1, 0.15) is 5.60 Å². The van der Waals surface area contributed by atoms with Gasteiger partial charge in [0.05, 0.1) is 22.4 Å². The van der Waals surface area contributed by atoms with E-state index in [1.807, 2.05) is 49.5 Å². The van der Waals surface area contributed by atoms with Crippen LogP contribution in [0.1, 0.15) is 18.4 Å². The van der Waals surface area contributed by atoms with Crippen molar-refractivity contribution in [1.82, 2.24) is 19.3 Å². The average Bonchev–Trinajstić information content (AvgIpc) is 3.36. The molecule has 2 aromatic carbocycles. The number of carbonyl (C=O) groups excluding carboxylic acids is 1. The molecule has 1 aliphatic rings. The summed E-state index contributed by atoms with van der Waals surface area (Å²) in [6, 6.07) is 16.4. The van der Waals surface area contributed by atoms with Gasteiger partial charge >= 0.3 is 0 Å². The summed E-state index contributed by atoms with van der Waals surface area (Å²) in [5, 5.41) is 18.9. The molecule has 34 heavy (non-hydrogen) atoms. The number of pyridine rings is 2. The molecule has 1 aliphatic carbocycles. The van der Waals surface area contributed by atoms with Gasteiger partial charge in [0.25, 0.3) is 11.5 Å². The molecule has 1 saturated carbocycles. The van der Waals surface area contributed by atoms with Crippen LogP contribution >= 0.6 is 0 Å². The van der Waals surface area contributed by atoms with Gasteiger partial charge < -0.3 is 10.4 Å². The molecular formula is C26H21N5O3. The van der Waals surface area contributed by atoms with Crippen LogP contribution < -0.4 is 10.9 Å². The second-order valence-corrected chi connectivity index (χ2v) is 8.71. The number of benzene rings is 2. The first-order valence-electron chi connectivity index (χ1n) is 11.0. The van der Waals surface area contributed by atoms with Gasteiger partial charge in [-0.05, 0) is 67.8 Å². The maximum atomic E-state index is 13.2. The maximum absolute atomic E-state index is 13.2. The summed E-state index contributed by atoms with van der Waals surface area (Å²) in [6.45, 7) is 1.87. The summed E-state index contributed by atoms with van der Waals surface area (Å²) in [5.74, 6) is -0.420. The zero-order chi connectivity index (χ0) is 23.4. The summed E-state index contributed by atoms with van der Waals surface area (Å²) in [4.78, 5) is 30.2. The van der Waals surface area contributed by atoms with E-state index in [0.29, 0.717) is 29.7 Å². The molecule has 2 N–H and O–H groups in total. The molecule has 0 saturated heterocycles. The lowest BCUT2D eigenvalue weighted by atomic mass is 10.1. The molecule has 5 aromatic rings. The molecular weight excluding hydrogens is 430 g/mol. The van der Waals surface area contributed by atoms with E-state index in [1.165, 1.54) is 6.07 Å². The summed E-state index contributed by atoms with van der Waals surface area (Å²) in [7, 11) is 0. The van der Waals surface area contributed by atoms with Crippen LogP contribution in [0.3, 0.4) is 0 Å². The number of hydrogen-bond donors (Lipinski definition) is 2. The van der Waals surface area contributed by atoms with E-state index in [9.17, 15) is 14.7 Å². The van der Waals surface area contributed by atoms with Crippen molar-refractivity contribution in [2.45, 2.75) is 25.4 Å². The van der Waals surface area contributed by atoms with Crippen LogP contribution in [0.2, 0.25) is 0 Å². The van der Waals surface area contributed by atoms with Crippen LogP contribution in [-0.4, -0.2) is 35.9 Å². The van der Waals surface area contributed by atoms with Crippen molar-refractivity contribution in [2.75, 3.05) is 5.32 Å². The van der Waals surface area contributed by atoms with Crippen LogP contribution in [0.15, 0.2) is 78.0 Å². The van der Waals surface area contributed by atoms with Crippen LogP contribution in [0.25, 0.3) is 33.2 Å². The lowest BCUT2D eigenvalue weighted by molar-refractivity contribution is -0.125. The van der Waals surface area contributed by atoms with Crippen molar-refractivity contribution in [3.63, 3.8) is 0 Å². The molecule has 6 rings (SSSR count). The molecule has 0 radical (unpaired) electrons. The van der Waals surface area contributed by atoms with Gasteiger partial charge in [-0.3, -0.25) is 19.1 Å². The van der Waals surface area contributed by atoms with Gasteiger partial charge in [0, 0.05) is 41.1 Å². The molecule has 3 aromatic heterocycles. The molecule has 0 spiro atoms. The normalized spacial score (nSPS) is 14.4. The Morgan fingerprint density at radius 3 is 2.68 bits per heavy atom. The highest BCUT2D eigenvalue weighted by Gasteiger charge is 2.48. The summed E-state index contributed by atoms with van der Waals surface area (Å²) in [5.41, 5.74) is 2.83. The van der Waals surface area contributed by atoms with Crippen molar-refractivity contribution >= 4 is 33.4 Å². The Morgan fingerprint density at radius 1 is 1.09 bits per heavy atom. The minimum atomic E-state index is -1.29. The zero-order valence-electron chi connectivity index (χ0n) is 18.4. The SMILES string of the molecule is Cc1ccc(-n2c(=O)ccc3cnc4ccc(-n5cccn5)cc4c32)cc1NC(=O)C1(O)CC1. The van der Waals surface area contributed by atoms with Crippen molar-refractivity contribution < 1.29 is 9.90 Å². The van der Waals surface area contributed by atoms with Gasteiger partial charge in [0.15, 0.2) is 0 Å². The van der Waals surface area contributed by atoms with E-state index in [1.54, 1.807) is 33.8 Å². The fourth-order valence-electron chi connectivity index (χ4n) is 4.19. The third-order valence-corrected chi connectivity index (χ3v) is 6.34. The van der Waals surface area contributed by atoms with E-state index in [4.69, 9.17) is 0 Å². The van der Waals surface area contributed by atoms with Gasteiger partial charge in [-0.1, -0.05) is 6.07 Å². The number of aryl methyl sites for hydroxylation is 1. The Morgan fingerprint density at radius 2 is 1.91 bits per heavy atom. The number of amides is 1. The number of rotatable bonds is 4. The molecule has 0 aliphatic heterocycles. The van der Waals surface area contributed by atoms with Gasteiger partial charge in [-0.15, -0.1) is 0 Å². The highest BCUT2D eigenvalue weighted by atomic mass is 16.3. The first-order valence-corrected chi connectivity index (χ1v) is 11.0. The van der Waals surface area contributed by atoms with Crippen molar-refractivity contribution in [3.05, 3.63) is 89.1 Å². The van der Waals surface area contributed by atoms with Crippen molar-refractivity contribution in [1.29, 1.82) is 0 Å². The largest absolute Gasteiger partial charge is 0.380 e. The lowest BCUT2D eigenvalue weighted by Gasteiger charge is -2.16. The highest BCUT2D eigenvalue weighted by Crippen LogP contribution is 2.36. The van der Waals surface area contributed by atoms with E-state index >= 15 is 0 Å². The molecule has 1 amide bonds. The second kappa shape index (κ2) is 7.36. The van der Waals surface area contributed by atoms with Crippen LogP contribution in [0, 0.1) is 6.92 Å². The molecule has 168 valence electrons. The molecule has 0 unspecified atom stereocenters. The monoisotopic (exact) mass is 451 g/mol. The minimum absolute atomic E-state index is 0.202. The predicted octanol–water partition coefficient (Wildman–Crippen LogP) is 3.50. The Balaban J connectivity index is 1.57. The maximum Gasteiger partial charge on any atom is 0.256 e. The first-order chi connectivity index (χ1) is 16.4. The quantitative estimate of drug-likeness (QED) is 0.407. The number of anilines is 1. The number of nitrogens with one attached hydrogen (secondary N) is 1. The Bertz CT molecular complexity index is 1650. The summed E-state index contributed by atoms with van der Waals surface area (Å²) < 4.78 is 3.39. The van der Waals surface area contributed by atoms with E-state index < -0.39 is 11.5 Å². The number of fused-ring (bicyclic) bond motifs is 3. The topological polar surface area (TPSA) is 102 Å². The van der Waals surface area contributed by atoms with Gasteiger partial charge in [-0.25, -0.2) is 4.68 Å². The standard InChI is InChI=1S/C26H21N5O3/c1-16-3-5-19(14-22(16)29-25(33)26(34)9-10-26)31-23(32)8-4-17-15-27-21-7-6-18(13-20(21)24(17)31)30-12-2-11-28-30/h2-8,11-15,34H,9-10H2,1H3,(H,29,33). The zero-order valence-corrected chi connectivity index (χ0v) is 18.4. The smallest absolute Gasteiger partial charge is 0.256 e. The fraction of sp³-hybridized carbons (Fsp3) is 0.154. The molecule has 8 nitrogen and oxygen atoms in total. The molecule has 0 bridgehead atoms. The number of aromatic nitrogens is 4. The minimum Gasteiger partial charge on any atom is -0.380 e. The Labute approximate surface area is 194 Å². The number of aliphatic hydroxyl groups is 1. The van der Waals surface area contributed by atoms with Gasteiger partial charge in [-0.2, -0.15) is 5.10 Å². The highest BCUT2D eigenvalue weighted by molar-refractivity contribution is 6.05. The summed E-state index contributed by atoms with van der Waals surface area (Å²) in [6.07, 6.45) is 6.23. The van der Waals surface area contributed by atoms with Crippen LogP contribution in [0.4, 0.5) is 5.69 Å². The lowest BCUT2D eigenvalue weighted by Crippen LogP contribution is -2.29. The molecule has 8 heteroatoms. The average molecular weight is 451 g/mol. The Hall–Kier alpha value is -4.30. The first kappa shape index (κ1) is 20.3. The third-order valence-electron chi connectivity index (χ3n) is 6.34. The summed E-state index contributed by atoms with van der Waals surface area (Å²) >= 11 is 0. The Kier molecular flexibility index (Phi) is 4.40. The number of hydrogen-bond acceptors (Lipinski definition) is 5. The number of carbonyl (C=O) groups is 1. The van der Waals surface area contributed by atoms with Crippen molar-refractivity contribution in [2.24, 2.45) is 0 Å². The van der Waals surface area contributed by atoms with E-state index in [2.05, 4.69) is 15.4 Å². The van der Waals surface area contributed by atoms with Crippen LogP contribution in [-0.2, 0) is 4.79 Å². The van der Waals surface area contributed by atoms with Gasteiger partial charge in [0.2, 0.25) is 0 Å². The van der Waals surface area contributed by atoms with Crippen LogP contribution in [0.5, 0.6) is 0 Å². The molecule has 3 heterocycles.